The number of ether oxygens (including phenoxy) is 2. The number of fused-ring (bicyclic) bond motifs is 2. The first-order valence-corrected chi connectivity index (χ1v) is 21.6. The van der Waals surface area contributed by atoms with E-state index in [1.54, 1.807) is 0 Å². The summed E-state index contributed by atoms with van der Waals surface area (Å²) in [6.07, 6.45) is 6.44. The fourth-order valence-corrected chi connectivity index (χ4v) is 9.09. The summed E-state index contributed by atoms with van der Waals surface area (Å²) < 4.78 is 13.5. The second kappa shape index (κ2) is 17.4. The summed E-state index contributed by atoms with van der Waals surface area (Å²) in [6, 6.07) is 35.7. The summed E-state index contributed by atoms with van der Waals surface area (Å²) >= 11 is 0. The van der Waals surface area contributed by atoms with Gasteiger partial charge in [0.05, 0.1) is 5.54 Å². The standard InChI is InChI=1S/C53H63N3O2.Pt/c1-13-18-38(19-14-2)53(12)33-57-50(55-53)37-28-36(49-42(34(3)4)20-17-21-43(49)35(5)6)29-41(30-37)58-40-24-25-45-47(32-40)56(46-23-16-15-22-44(46)52(45,10)11)48-31-39(26-27-54-48)51(7,8)9;/h15-17,20-29,31,34-35,38H,13-14,18-19,33H2,1-12H3;/q-2;+2/t53-;/m0./s1. The van der Waals surface area contributed by atoms with Crippen LogP contribution in [0.4, 0.5) is 17.2 Å². The predicted octanol–water partition coefficient (Wildman–Crippen LogP) is 14.5. The topological polar surface area (TPSA) is 47.0 Å². The van der Waals surface area contributed by atoms with Gasteiger partial charge < -0.3 is 14.4 Å². The maximum Gasteiger partial charge on any atom is 2.00 e. The van der Waals surface area contributed by atoms with Crippen LogP contribution in [-0.2, 0) is 36.6 Å². The molecule has 7 rings (SSSR count). The third-order valence-electron chi connectivity index (χ3n) is 12.4. The molecule has 0 N–H and O–H groups in total. The minimum atomic E-state index is -0.289. The van der Waals surface area contributed by atoms with E-state index in [0.29, 0.717) is 41.8 Å². The first kappa shape index (κ1) is 44.3. The monoisotopic (exact) mass is 968 g/mol. The molecule has 3 heterocycles. The molecular weight excluding hydrogens is 906 g/mol. The minimum Gasteiger partial charge on any atom is -0.518 e. The van der Waals surface area contributed by atoms with E-state index in [0.717, 1.165) is 59.6 Å². The summed E-state index contributed by atoms with van der Waals surface area (Å²) in [6.45, 7) is 27.8. The number of rotatable bonds is 12. The van der Waals surface area contributed by atoms with Crippen molar-refractivity contribution in [3.63, 3.8) is 0 Å². The Bertz CT molecular complexity index is 2290. The van der Waals surface area contributed by atoms with Gasteiger partial charge in [-0.15, -0.1) is 23.8 Å². The Balaban J connectivity index is 0.00000585. The van der Waals surface area contributed by atoms with Gasteiger partial charge in [-0.05, 0) is 94.4 Å². The zero-order valence-corrected chi connectivity index (χ0v) is 39.6. The van der Waals surface area contributed by atoms with Crippen LogP contribution in [0, 0.1) is 18.1 Å². The summed E-state index contributed by atoms with van der Waals surface area (Å²) in [5, 5.41) is 0. The molecule has 0 radical (unpaired) electrons. The number of benzene rings is 4. The van der Waals surface area contributed by atoms with Crippen LogP contribution in [0.3, 0.4) is 0 Å². The van der Waals surface area contributed by atoms with Crippen LogP contribution in [-0.4, -0.2) is 23.0 Å². The molecule has 0 saturated carbocycles. The Morgan fingerprint density at radius 3 is 2.12 bits per heavy atom. The molecule has 6 heteroatoms. The zero-order valence-electron chi connectivity index (χ0n) is 37.3. The molecule has 0 fully saturated rings. The first-order valence-electron chi connectivity index (χ1n) is 21.6. The number of aliphatic imine (C=N–C) groups is 1. The second-order valence-corrected chi connectivity index (χ2v) is 18.9. The zero-order chi connectivity index (χ0) is 41.6. The molecule has 0 aliphatic carbocycles. The molecule has 4 aromatic carbocycles. The van der Waals surface area contributed by atoms with Gasteiger partial charge in [-0.1, -0.05) is 154 Å². The number of pyridine rings is 1. The Morgan fingerprint density at radius 1 is 0.797 bits per heavy atom. The molecule has 5 nitrogen and oxygen atoms in total. The molecule has 1 atom stereocenters. The van der Waals surface area contributed by atoms with Crippen molar-refractivity contribution < 1.29 is 30.5 Å². The maximum absolute atomic E-state index is 6.93. The smallest absolute Gasteiger partial charge is 0.518 e. The molecule has 0 unspecified atom stereocenters. The van der Waals surface area contributed by atoms with Crippen molar-refractivity contribution in [2.75, 3.05) is 11.5 Å². The first-order chi connectivity index (χ1) is 27.6. The molecule has 59 heavy (non-hydrogen) atoms. The Labute approximate surface area is 369 Å². The van der Waals surface area contributed by atoms with Gasteiger partial charge >= 0.3 is 21.1 Å². The van der Waals surface area contributed by atoms with Crippen LogP contribution in [0.2, 0.25) is 0 Å². The van der Waals surface area contributed by atoms with Crippen LogP contribution in [0.15, 0.2) is 90.1 Å². The molecule has 0 spiro atoms. The third kappa shape index (κ3) is 8.70. The van der Waals surface area contributed by atoms with Gasteiger partial charge in [0.15, 0.2) is 0 Å². The number of hydrogen-bond acceptors (Lipinski definition) is 5. The van der Waals surface area contributed by atoms with Crippen molar-refractivity contribution in [2.45, 2.75) is 137 Å². The molecule has 1 aromatic heterocycles. The average molecular weight is 969 g/mol. The fourth-order valence-electron chi connectivity index (χ4n) is 9.09. The third-order valence-corrected chi connectivity index (χ3v) is 12.4. The van der Waals surface area contributed by atoms with Crippen molar-refractivity contribution in [1.82, 2.24) is 4.98 Å². The summed E-state index contributed by atoms with van der Waals surface area (Å²) in [5.74, 6) is 3.82. The van der Waals surface area contributed by atoms with Gasteiger partial charge in [-0.25, -0.2) is 4.98 Å². The van der Waals surface area contributed by atoms with Gasteiger partial charge in [0, 0.05) is 23.4 Å². The Hall–Kier alpha value is -4.21. The molecule has 0 amide bonds. The molecule has 0 saturated heterocycles. The number of nitrogens with zero attached hydrogens (tertiary/aromatic N) is 3. The normalized spacial score (nSPS) is 17.1. The molecular formula is C53H63N3O2Pt. The van der Waals surface area contributed by atoms with E-state index in [2.05, 4.69) is 173 Å². The molecule has 5 aromatic rings. The van der Waals surface area contributed by atoms with Crippen molar-refractivity contribution >= 4 is 23.1 Å². The molecule has 0 bridgehead atoms. The van der Waals surface area contributed by atoms with Gasteiger partial charge in [0.1, 0.15) is 18.3 Å². The van der Waals surface area contributed by atoms with Crippen molar-refractivity contribution in [3.05, 3.63) is 131 Å². The summed E-state index contributed by atoms with van der Waals surface area (Å²) in [5.41, 5.74) is 10.8. The van der Waals surface area contributed by atoms with Crippen molar-refractivity contribution in [3.8, 4) is 22.6 Å². The van der Waals surface area contributed by atoms with Gasteiger partial charge in [0.2, 0.25) is 0 Å². The fraction of sp³-hybridized carbons (Fsp3) is 0.434. The largest absolute Gasteiger partial charge is 2.00 e. The van der Waals surface area contributed by atoms with E-state index >= 15 is 0 Å². The SMILES string of the molecule is CCCC(CCC)[C@]1(C)COC(c2[c-]c(Oc3[c-]c4c(cc3)C(C)(C)c3ccccc3N4c3cc(C(C)(C)C)ccn3)cc(-c3c(C(C)C)cccc3C(C)C)c2)=N1.[Pt+2]. The van der Waals surface area contributed by atoms with E-state index in [9.17, 15) is 0 Å². The van der Waals surface area contributed by atoms with Crippen LogP contribution >= 0.6 is 0 Å². The Kier molecular flexibility index (Phi) is 13.1. The number of aromatic nitrogens is 1. The number of hydrogen-bond donors (Lipinski definition) is 0. The van der Waals surface area contributed by atoms with E-state index < -0.39 is 0 Å². The van der Waals surface area contributed by atoms with Crippen molar-refractivity contribution in [2.24, 2.45) is 10.9 Å². The van der Waals surface area contributed by atoms with E-state index in [1.165, 1.54) is 27.8 Å². The van der Waals surface area contributed by atoms with Crippen LogP contribution < -0.4 is 9.64 Å². The summed E-state index contributed by atoms with van der Waals surface area (Å²) in [7, 11) is 0. The quantitative estimate of drug-likeness (QED) is 0.117. The Morgan fingerprint density at radius 2 is 1.47 bits per heavy atom. The van der Waals surface area contributed by atoms with E-state index in [1.807, 2.05) is 12.3 Å². The number of anilines is 3. The average Bonchev–Trinajstić information content (AvgIpc) is 3.60. The van der Waals surface area contributed by atoms with Crippen LogP contribution in [0.5, 0.6) is 11.5 Å². The number of para-hydroxylation sites is 1. The van der Waals surface area contributed by atoms with Crippen LogP contribution in [0.25, 0.3) is 11.1 Å². The molecule has 2 aliphatic heterocycles. The molecule has 312 valence electrons. The summed E-state index contributed by atoms with van der Waals surface area (Å²) in [4.78, 5) is 12.6. The molecule has 2 aliphatic rings. The minimum absolute atomic E-state index is 0. The second-order valence-electron chi connectivity index (χ2n) is 18.9. The predicted molar refractivity (Wildman–Crippen MR) is 242 cm³/mol. The van der Waals surface area contributed by atoms with Gasteiger partial charge in [0.25, 0.3) is 0 Å². The van der Waals surface area contributed by atoms with Gasteiger partial charge in [-0.2, -0.15) is 6.07 Å². The van der Waals surface area contributed by atoms with Crippen LogP contribution in [0.1, 0.15) is 154 Å². The maximum atomic E-state index is 6.93. The van der Waals surface area contributed by atoms with E-state index in [4.69, 9.17) is 19.5 Å². The van der Waals surface area contributed by atoms with Crippen molar-refractivity contribution in [1.29, 1.82) is 0 Å². The van der Waals surface area contributed by atoms with Gasteiger partial charge in [-0.3, -0.25) is 4.99 Å². The van der Waals surface area contributed by atoms with E-state index in [-0.39, 0.29) is 37.4 Å².